The molecule has 0 aliphatic carbocycles. The van der Waals surface area contributed by atoms with Gasteiger partial charge in [0.1, 0.15) is 5.49 Å². The molecule has 2 aromatic carbocycles. The Hall–Kier alpha value is -4.01. The van der Waals surface area contributed by atoms with Gasteiger partial charge in [-0.15, -0.1) is 11.3 Å². The maximum Gasteiger partial charge on any atom is 0.231 e. The number of fused-ring (bicyclic) bond motifs is 1. The van der Waals surface area contributed by atoms with Crippen LogP contribution in [0.25, 0.3) is 17.5 Å². The van der Waals surface area contributed by atoms with Crippen molar-refractivity contribution < 1.29 is 14.2 Å². The van der Waals surface area contributed by atoms with E-state index in [0.717, 1.165) is 41.2 Å². The zero-order valence-corrected chi connectivity index (χ0v) is 27.1. The Morgan fingerprint density at radius 2 is 2.02 bits per heavy atom. The normalized spacial score (nSPS) is 15.4. The number of aliphatic hydroxyl groups is 1. The molecule has 3 heterocycles. The van der Waals surface area contributed by atoms with Gasteiger partial charge in [-0.05, 0) is 74.1 Å². The van der Waals surface area contributed by atoms with Crippen LogP contribution in [-0.2, 0) is 17.8 Å². The highest BCUT2D eigenvalue weighted by Crippen LogP contribution is 2.29. The Labute approximate surface area is 275 Å². The molecule has 14 heteroatoms. The predicted molar refractivity (Wildman–Crippen MR) is 182 cm³/mol. The Balaban J connectivity index is 1.27. The lowest BCUT2D eigenvalue weighted by atomic mass is 10.0. The van der Waals surface area contributed by atoms with Gasteiger partial charge < -0.3 is 42.2 Å². The van der Waals surface area contributed by atoms with Crippen LogP contribution in [0.1, 0.15) is 37.3 Å². The van der Waals surface area contributed by atoms with Gasteiger partial charge in [0.2, 0.25) is 6.35 Å². The second kappa shape index (κ2) is 15.5. The van der Waals surface area contributed by atoms with Crippen LogP contribution in [0, 0.1) is 5.82 Å². The summed E-state index contributed by atoms with van der Waals surface area (Å²) in [6.07, 6.45) is 5.30. The molecule has 0 saturated carbocycles. The molecule has 0 saturated heterocycles. The Morgan fingerprint density at radius 1 is 1.22 bits per heavy atom. The van der Waals surface area contributed by atoms with E-state index in [-0.39, 0.29) is 23.1 Å². The van der Waals surface area contributed by atoms with Crippen molar-refractivity contribution in [1.29, 1.82) is 0 Å². The van der Waals surface area contributed by atoms with E-state index in [4.69, 9.17) is 33.5 Å². The topological polar surface area (TPSA) is 176 Å². The monoisotopic (exact) mass is 667 g/mol. The van der Waals surface area contributed by atoms with Crippen LogP contribution in [-0.4, -0.2) is 52.6 Å². The summed E-state index contributed by atoms with van der Waals surface area (Å²) in [6, 6.07) is 13.0. The Bertz CT molecular complexity index is 1740. The molecule has 9 N–H and O–H groups in total. The smallest absolute Gasteiger partial charge is 0.231 e. The van der Waals surface area contributed by atoms with Crippen molar-refractivity contribution in [1.82, 2.24) is 9.97 Å². The number of hydrogen-bond donors (Lipinski definition) is 6. The summed E-state index contributed by atoms with van der Waals surface area (Å²) < 4.78 is 21.3. The van der Waals surface area contributed by atoms with Crippen molar-refractivity contribution in [3.8, 4) is 11.3 Å². The number of rotatable bonds is 15. The van der Waals surface area contributed by atoms with Gasteiger partial charge in [-0.25, -0.2) is 14.4 Å². The van der Waals surface area contributed by atoms with Crippen LogP contribution in [0.15, 0.2) is 64.0 Å². The van der Waals surface area contributed by atoms with E-state index in [0.29, 0.717) is 48.1 Å². The fourth-order valence-corrected chi connectivity index (χ4v) is 5.88. The molecule has 0 amide bonds. The molecule has 3 atom stereocenters. The number of aliphatic imine (C=N–C) groups is 1. The molecule has 0 spiro atoms. The van der Waals surface area contributed by atoms with Crippen LogP contribution in [0.4, 0.5) is 15.2 Å². The summed E-state index contributed by atoms with van der Waals surface area (Å²) >= 11 is 7.78. The lowest BCUT2D eigenvalue weighted by molar-refractivity contribution is 0.0453. The Kier molecular flexibility index (Phi) is 11.3. The molecular weight excluding hydrogens is 629 g/mol. The van der Waals surface area contributed by atoms with Gasteiger partial charge in [-0.2, -0.15) is 0 Å². The van der Waals surface area contributed by atoms with Crippen molar-refractivity contribution in [2.45, 2.75) is 57.7 Å². The van der Waals surface area contributed by atoms with Crippen molar-refractivity contribution >= 4 is 45.9 Å². The number of guanidine groups is 1. The fraction of sp³-hybridized carbons (Fsp3) is 0.344. The maximum atomic E-state index is 15.1. The number of aromatic nitrogens is 2. The summed E-state index contributed by atoms with van der Waals surface area (Å²) in [7, 11) is 0. The summed E-state index contributed by atoms with van der Waals surface area (Å²) in [5.41, 5.74) is 20.8. The minimum absolute atomic E-state index is 0.0446. The number of benzene rings is 2. The van der Waals surface area contributed by atoms with E-state index in [1.165, 1.54) is 11.3 Å². The van der Waals surface area contributed by atoms with Gasteiger partial charge in [0, 0.05) is 53.4 Å². The van der Waals surface area contributed by atoms with Crippen molar-refractivity contribution in [3.63, 3.8) is 0 Å². The zero-order valence-electron chi connectivity index (χ0n) is 25.5. The molecule has 1 unspecified atom stereocenters. The number of hydrogen-bond acceptors (Lipinski definition) is 9. The molecule has 2 aromatic heterocycles. The van der Waals surface area contributed by atoms with Gasteiger partial charge in [-0.3, -0.25) is 4.99 Å². The van der Waals surface area contributed by atoms with Crippen molar-refractivity contribution in [3.05, 3.63) is 86.7 Å². The maximum absolute atomic E-state index is 15.1. The number of H-pyrrole nitrogens is 1. The number of aliphatic hydroxyl groups excluding tert-OH is 1. The number of nitrogens with two attached hydrogens (primary N) is 3. The first-order valence-corrected chi connectivity index (χ1v) is 16.3. The number of aryl methyl sites for hydroxylation is 1. The molecule has 0 bridgehead atoms. The minimum Gasteiger partial charge on any atom is -0.372 e. The first-order valence-electron chi connectivity index (χ1n) is 15.0. The van der Waals surface area contributed by atoms with Crippen LogP contribution in [0.2, 0.25) is 5.02 Å². The van der Waals surface area contributed by atoms with Gasteiger partial charge in [0.15, 0.2) is 16.9 Å². The number of ether oxygens (including phenoxy) is 1. The van der Waals surface area contributed by atoms with Gasteiger partial charge >= 0.3 is 0 Å². The van der Waals surface area contributed by atoms with Crippen molar-refractivity contribution in [2.75, 3.05) is 23.3 Å². The minimum atomic E-state index is -1.17. The highest BCUT2D eigenvalue weighted by Gasteiger charge is 2.20. The zero-order chi connectivity index (χ0) is 32.6. The van der Waals surface area contributed by atoms with Crippen LogP contribution in [0.3, 0.4) is 0 Å². The molecule has 11 nitrogen and oxygen atoms in total. The molecule has 0 fully saturated rings. The number of aromatic amines is 1. The molecule has 4 aromatic rings. The van der Waals surface area contributed by atoms with E-state index in [1.807, 2.05) is 42.6 Å². The quantitative estimate of drug-likeness (QED) is 0.0825. The number of nitrogens with zero attached hydrogens (tertiary/aromatic N) is 4. The average molecular weight is 668 g/mol. The first-order chi connectivity index (χ1) is 22.2. The van der Waals surface area contributed by atoms with Crippen LogP contribution < -0.4 is 38.1 Å². The summed E-state index contributed by atoms with van der Waals surface area (Å²) in [4.78, 5) is 17.5. The fourth-order valence-electron chi connectivity index (χ4n) is 5.10. The highest BCUT2D eigenvalue weighted by atomic mass is 35.5. The third kappa shape index (κ3) is 8.83. The largest absolute Gasteiger partial charge is 0.372 e. The molecular formula is C32H39ClFN9O2S. The molecule has 1 aliphatic rings. The van der Waals surface area contributed by atoms with Crippen LogP contribution >= 0.6 is 22.9 Å². The average Bonchev–Trinajstić information content (AvgIpc) is 3.69. The molecule has 1 aliphatic heterocycles. The number of halogens is 2. The van der Waals surface area contributed by atoms with E-state index in [2.05, 4.69) is 25.3 Å². The van der Waals surface area contributed by atoms with Gasteiger partial charge in [-0.1, -0.05) is 23.7 Å². The third-order valence-corrected chi connectivity index (χ3v) is 8.49. The Morgan fingerprint density at radius 3 is 2.74 bits per heavy atom. The highest BCUT2D eigenvalue weighted by molar-refractivity contribution is 7.13. The van der Waals surface area contributed by atoms with Crippen molar-refractivity contribution in [2.24, 2.45) is 27.2 Å². The van der Waals surface area contributed by atoms with E-state index < -0.39 is 12.2 Å². The number of nitrogens with one attached hydrogen (secondary N) is 2. The second-order valence-electron chi connectivity index (χ2n) is 11.2. The summed E-state index contributed by atoms with van der Waals surface area (Å²) in [6.45, 7) is 3.33. The SMILES string of the molecule is C[C@H](N)CCCc1cc(Cl)c(F)c(-c2cc3c([nH]2)=NC(O)N(c2ccc(CO[C@@H](CCN=C(N)N)CNc4nccs4)cc2)C=3)c1. The van der Waals surface area contributed by atoms with E-state index in [1.54, 1.807) is 29.4 Å². The molecule has 46 heavy (non-hydrogen) atoms. The molecule has 0 radical (unpaired) electrons. The van der Waals surface area contributed by atoms with Gasteiger partial charge in [0.25, 0.3) is 0 Å². The molecule has 244 valence electrons. The number of anilines is 2. The lowest BCUT2D eigenvalue weighted by Gasteiger charge is -2.25. The standard InChI is InChI=1S/C32H39ClFN9O2S/c1-19(35)3-2-4-21-13-25(28(34)26(33)14-21)27-15-22-17-43(32(44)42-29(22)41-27)23-7-5-20(6-8-23)18-45-24(9-10-38-30(36)37)16-40-31-39-11-12-46-31/h5-8,11-15,17,19,24,32,44H,2-4,9-10,16,18,35H2,1H3,(H,39,40)(H,41,42)(H4,36,37,38)/t19-,24-,32?/m0/s1. The second-order valence-corrected chi connectivity index (χ2v) is 12.5. The van der Waals surface area contributed by atoms with Gasteiger partial charge in [0.05, 0.1) is 23.4 Å². The lowest BCUT2D eigenvalue weighted by Crippen LogP contribution is -2.41. The van der Waals surface area contributed by atoms with Crippen LogP contribution in [0.5, 0.6) is 0 Å². The number of thiazole rings is 1. The summed E-state index contributed by atoms with van der Waals surface area (Å²) in [5, 5.41) is 17.6. The van der Waals surface area contributed by atoms with E-state index in [9.17, 15) is 5.11 Å². The summed E-state index contributed by atoms with van der Waals surface area (Å²) in [5.74, 6) is -0.466. The first kappa shape index (κ1) is 33.4. The predicted octanol–water partition coefficient (Wildman–Crippen LogP) is 3.42. The third-order valence-electron chi connectivity index (χ3n) is 7.48. The molecule has 5 rings (SSSR count). The van der Waals surface area contributed by atoms with E-state index >= 15 is 4.39 Å².